The molecule has 0 spiro atoms. The highest BCUT2D eigenvalue weighted by Crippen LogP contribution is 2.36. The lowest BCUT2D eigenvalue weighted by molar-refractivity contribution is 0.202. The molecule has 4 nitrogen and oxygen atoms in total. The van der Waals surface area contributed by atoms with Crippen LogP contribution in [0.25, 0.3) is 0 Å². The third-order valence-electron chi connectivity index (χ3n) is 2.84. The van der Waals surface area contributed by atoms with E-state index in [-0.39, 0.29) is 11.9 Å². The number of anilines is 1. The van der Waals surface area contributed by atoms with Crippen LogP contribution in [-0.4, -0.2) is 22.2 Å². The summed E-state index contributed by atoms with van der Waals surface area (Å²) in [5, 5.41) is 5.92. The molecule has 3 rings (SSSR count). The SMILES string of the molecule is C[C@@H]1CN(Cc2csnn2)c2cccc(F)c2O1. The maximum Gasteiger partial charge on any atom is 0.178 e. The number of aromatic nitrogens is 2. The second kappa shape index (κ2) is 4.53. The molecule has 1 aliphatic heterocycles. The molecule has 18 heavy (non-hydrogen) atoms. The number of fused-ring (bicyclic) bond motifs is 1. The van der Waals surface area contributed by atoms with Crippen molar-refractivity contribution < 1.29 is 9.13 Å². The van der Waals surface area contributed by atoms with E-state index in [0.717, 1.165) is 11.4 Å². The summed E-state index contributed by atoms with van der Waals surface area (Å²) in [4.78, 5) is 2.07. The highest BCUT2D eigenvalue weighted by Gasteiger charge is 2.25. The van der Waals surface area contributed by atoms with Gasteiger partial charge in [-0.2, -0.15) is 0 Å². The molecule has 0 N–H and O–H groups in total. The number of benzene rings is 1. The minimum Gasteiger partial charge on any atom is -0.484 e. The Morgan fingerprint density at radius 1 is 1.56 bits per heavy atom. The highest BCUT2D eigenvalue weighted by atomic mass is 32.1. The zero-order chi connectivity index (χ0) is 12.5. The summed E-state index contributed by atoms with van der Waals surface area (Å²) in [6.45, 7) is 3.27. The van der Waals surface area contributed by atoms with Crippen molar-refractivity contribution in [3.8, 4) is 5.75 Å². The van der Waals surface area contributed by atoms with Crippen molar-refractivity contribution in [2.75, 3.05) is 11.4 Å². The molecule has 1 atom stereocenters. The molecule has 1 aromatic heterocycles. The summed E-state index contributed by atoms with van der Waals surface area (Å²) in [5.74, 6) is 0.0138. The number of hydrogen-bond donors (Lipinski definition) is 0. The second-order valence-electron chi connectivity index (χ2n) is 4.29. The number of nitrogens with zero attached hydrogens (tertiary/aromatic N) is 3. The van der Waals surface area contributed by atoms with Crippen molar-refractivity contribution in [3.63, 3.8) is 0 Å². The number of halogens is 1. The van der Waals surface area contributed by atoms with Gasteiger partial charge in [0.1, 0.15) is 6.10 Å². The molecule has 0 fully saturated rings. The Morgan fingerprint density at radius 2 is 2.44 bits per heavy atom. The minimum atomic E-state index is -0.319. The first-order chi connectivity index (χ1) is 8.74. The van der Waals surface area contributed by atoms with Crippen LogP contribution < -0.4 is 9.64 Å². The van der Waals surface area contributed by atoms with Gasteiger partial charge in [-0.25, -0.2) is 4.39 Å². The third-order valence-corrected chi connectivity index (χ3v) is 3.39. The van der Waals surface area contributed by atoms with Crippen LogP contribution >= 0.6 is 11.5 Å². The summed E-state index contributed by atoms with van der Waals surface area (Å²) in [6, 6.07) is 4.98. The predicted molar refractivity (Wildman–Crippen MR) is 67.4 cm³/mol. The van der Waals surface area contributed by atoms with Crippen molar-refractivity contribution in [2.45, 2.75) is 19.6 Å². The number of rotatable bonds is 2. The van der Waals surface area contributed by atoms with Crippen LogP contribution in [0.5, 0.6) is 5.75 Å². The second-order valence-corrected chi connectivity index (χ2v) is 4.90. The summed E-state index contributed by atoms with van der Waals surface area (Å²) in [5.41, 5.74) is 1.67. The zero-order valence-corrected chi connectivity index (χ0v) is 10.7. The quantitative estimate of drug-likeness (QED) is 0.836. The van der Waals surface area contributed by atoms with Crippen LogP contribution in [0.1, 0.15) is 12.6 Å². The minimum absolute atomic E-state index is 0.0407. The molecular formula is C12H12FN3OS. The molecule has 0 radical (unpaired) electrons. The topological polar surface area (TPSA) is 38.2 Å². The lowest BCUT2D eigenvalue weighted by Crippen LogP contribution is -2.38. The Bertz CT molecular complexity index is 546. The van der Waals surface area contributed by atoms with E-state index in [2.05, 4.69) is 14.5 Å². The number of hydrogen-bond acceptors (Lipinski definition) is 5. The fourth-order valence-corrected chi connectivity index (χ4v) is 2.55. The van der Waals surface area contributed by atoms with Crippen molar-refractivity contribution >= 4 is 17.2 Å². The van der Waals surface area contributed by atoms with E-state index >= 15 is 0 Å². The summed E-state index contributed by atoms with van der Waals surface area (Å²) in [7, 11) is 0. The average molecular weight is 265 g/mol. The molecule has 2 aromatic rings. The largest absolute Gasteiger partial charge is 0.484 e. The Balaban J connectivity index is 1.94. The Labute approximate surface area is 108 Å². The van der Waals surface area contributed by atoms with Crippen molar-refractivity contribution in [3.05, 3.63) is 35.1 Å². The van der Waals surface area contributed by atoms with Crippen molar-refractivity contribution in [2.24, 2.45) is 0 Å². The molecule has 1 aromatic carbocycles. The van der Waals surface area contributed by atoms with E-state index in [4.69, 9.17) is 4.74 Å². The normalized spacial score (nSPS) is 18.3. The molecule has 6 heteroatoms. The Hall–Kier alpha value is -1.69. The molecule has 0 saturated carbocycles. The van der Waals surface area contributed by atoms with Gasteiger partial charge >= 0.3 is 0 Å². The van der Waals surface area contributed by atoms with Crippen LogP contribution in [0.15, 0.2) is 23.6 Å². The molecule has 2 heterocycles. The van der Waals surface area contributed by atoms with E-state index in [1.165, 1.54) is 17.6 Å². The molecule has 0 amide bonds. The van der Waals surface area contributed by atoms with Gasteiger partial charge in [-0.05, 0) is 30.6 Å². The molecule has 94 valence electrons. The maximum absolute atomic E-state index is 13.7. The van der Waals surface area contributed by atoms with Gasteiger partial charge in [0.15, 0.2) is 11.6 Å². The molecule has 0 aliphatic carbocycles. The van der Waals surface area contributed by atoms with Gasteiger partial charge in [-0.1, -0.05) is 10.6 Å². The Kier molecular flexibility index (Phi) is 2.87. The number of ether oxygens (including phenoxy) is 1. The van der Waals surface area contributed by atoms with Gasteiger partial charge in [0, 0.05) is 5.38 Å². The average Bonchev–Trinajstić information content (AvgIpc) is 2.83. The Morgan fingerprint density at radius 3 is 3.22 bits per heavy atom. The van der Waals surface area contributed by atoms with Crippen LogP contribution in [-0.2, 0) is 6.54 Å². The first-order valence-electron chi connectivity index (χ1n) is 5.70. The zero-order valence-electron chi connectivity index (χ0n) is 9.84. The van der Waals surface area contributed by atoms with Crippen molar-refractivity contribution in [1.82, 2.24) is 9.59 Å². The van der Waals surface area contributed by atoms with E-state index in [0.29, 0.717) is 18.8 Å². The number of para-hydroxylation sites is 1. The van der Waals surface area contributed by atoms with Gasteiger partial charge < -0.3 is 9.64 Å². The lowest BCUT2D eigenvalue weighted by atomic mass is 10.2. The maximum atomic E-state index is 13.7. The first-order valence-corrected chi connectivity index (χ1v) is 6.54. The van der Waals surface area contributed by atoms with E-state index in [1.54, 1.807) is 6.07 Å². The molecule has 0 unspecified atom stereocenters. The van der Waals surface area contributed by atoms with Crippen molar-refractivity contribution in [1.29, 1.82) is 0 Å². The van der Waals surface area contributed by atoms with Gasteiger partial charge in [0.05, 0.1) is 24.5 Å². The van der Waals surface area contributed by atoms with Gasteiger partial charge in [0.2, 0.25) is 0 Å². The van der Waals surface area contributed by atoms with Crippen LogP contribution in [0.2, 0.25) is 0 Å². The molecule has 0 bridgehead atoms. The van der Waals surface area contributed by atoms with E-state index in [1.807, 2.05) is 18.4 Å². The summed E-state index contributed by atoms with van der Waals surface area (Å²) in [6.07, 6.45) is -0.0407. The molecule has 1 aliphatic rings. The monoisotopic (exact) mass is 265 g/mol. The lowest BCUT2D eigenvalue weighted by Gasteiger charge is -2.34. The molecular weight excluding hydrogens is 253 g/mol. The fourth-order valence-electron chi connectivity index (χ4n) is 2.11. The van der Waals surface area contributed by atoms with E-state index < -0.39 is 0 Å². The summed E-state index contributed by atoms with van der Waals surface area (Å²) < 4.78 is 23.1. The third kappa shape index (κ3) is 2.03. The highest BCUT2D eigenvalue weighted by molar-refractivity contribution is 7.03. The smallest absolute Gasteiger partial charge is 0.178 e. The van der Waals surface area contributed by atoms with E-state index in [9.17, 15) is 4.39 Å². The van der Waals surface area contributed by atoms with Gasteiger partial charge in [0.25, 0.3) is 0 Å². The first kappa shape index (κ1) is 11.4. The van der Waals surface area contributed by atoms with Crippen LogP contribution in [0, 0.1) is 5.82 Å². The molecule has 0 saturated heterocycles. The van der Waals surface area contributed by atoms with Crippen LogP contribution in [0.3, 0.4) is 0 Å². The van der Waals surface area contributed by atoms with Gasteiger partial charge in [-0.3, -0.25) is 0 Å². The van der Waals surface area contributed by atoms with Gasteiger partial charge in [-0.15, -0.1) is 5.10 Å². The fraction of sp³-hybridized carbons (Fsp3) is 0.333. The summed E-state index contributed by atoms with van der Waals surface area (Å²) >= 11 is 1.32. The standard InChI is InChI=1S/C12H12FN3OS/c1-8-5-16(6-9-7-18-15-14-9)11-4-2-3-10(13)12(11)17-8/h2-4,7-8H,5-6H2,1H3/t8-/m1/s1. The predicted octanol–water partition coefficient (Wildman–Crippen LogP) is 2.46. The van der Waals surface area contributed by atoms with Crippen LogP contribution in [0.4, 0.5) is 10.1 Å².